The Morgan fingerprint density at radius 2 is 1.88 bits per heavy atom. The average molecular weight is 471 g/mol. The van der Waals surface area contributed by atoms with Gasteiger partial charge in [-0.1, -0.05) is 0 Å². The first kappa shape index (κ1) is 22.3. The molecule has 0 bridgehead atoms. The molecule has 2 N–H and O–H groups in total. The first-order chi connectivity index (χ1) is 16.0. The summed E-state index contributed by atoms with van der Waals surface area (Å²) in [6.07, 6.45) is -0.838. The third-order valence-electron chi connectivity index (χ3n) is 6.79. The Labute approximate surface area is 194 Å². The Morgan fingerprint density at radius 3 is 2.56 bits per heavy atom. The number of halogens is 3. The van der Waals surface area contributed by atoms with E-state index in [0.29, 0.717) is 42.0 Å². The number of nitrogens with two attached hydrogens (primary N) is 1. The molecule has 8 nitrogen and oxygen atoms in total. The monoisotopic (exact) mass is 471 g/mol. The highest BCUT2D eigenvalue weighted by Crippen LogP contribution is 2.53. The molecular formula is C23H24F3N7O. The van der Waals surface area contributed by atoms with E-state index in [0.717, 1.165) is 12.6 Å². The molecule has 5 rings (SSSR count). The normalized spacial score (nSPS) is 21.9. The van der Waals surface area contributed by atoms with Gasteiger partial charge in [-0.25, -0.2) is 19.6 Å². The Bertz CT molecular complexity index is 1290. The van der Waals surface area contributed by atoms with Gasteiger partial charge in [0.05, 0.1) is 17.3 Å². The van der Waals surface area contributed by atoms with Crippen LogP contribution in [0.1, 0.15) is 57.6 Å². The lowest BCUT2D eigenvalue weighted by Crippen LogP contribution is -2.41. The molecule has 2 fully saturated rings. The second-order valence-corrected chi connectivity index (χ2v) is 9.12. The molecule has 0 aromatic carbocycles. The molecule has 11 heteroatoms. The molecule has 3 aromatic heterocycles. The molecule has 0 radical (unpaired) electrons. The van der Waals surface area contributed by atoms with Crippen LogP contribution in [-0.2, 0) is 6.18 Å². The van der Waals surface area contributed by atoms with E-state index in [1.165, 1.54) is 17.9 Å². The number of pyridine rings is 2. The predicted octanol–water partition coefficient (Wildman–Crippen LogP) is 3.81. The fraction of sp³-hybridized carbons (Fsp3) is 0.435. The van der Waals surface area contributed by atoms with Gasteiger partial charge in [-0.3, -0.25) is 4.79 Å². The molecule has 4 heterocycles. The van der Waals surface area contributed by atoms with Gasteiger partial charge < -0.3 is 10.6 Å². The van der Waals surface area contributed by atoms with Gasteiger partial charge in [0.2, 0.25) is 0 Å². The molecule has 1 saturated carbocycles. The van der Waals surface area contributed by atoms with Crippen molar-refractivity contribution in [2.75, 3.05) is 12.3 Å². The summed E-state index contributed by atoms with van der Waals surface area (Å²) in [6, 6.07) is 2.89. The van der Waals surface area contributed by atoms with Crippen molar-refractivity contribution < 1.29 is 18.0 Å². The maximum Gasteiger partial charge on any atom is 0.418 e. The topological polar surface area (TPSA) is 103 Å². The number of nitrogens with zero attached hydrogens (tertiary/aromatic N) is 6. The van der Waals surface area contributed by atoms with Crippen LogP contribution in [0, 0.1) is 32.6 Å². The molecular weight excluding hydrogens is 447 g/mol. The highest BCUT2D eigenvalue weighted by Gasteiger charge is 2.49. The summed E-state index contributed by atoms with van der Waals surface area (Å²) in [5, 5.41) is 4.31. The standard InChI is InChI=1S/C23H24F3N7O/c1-11-4-5-17(33-10-29-13(3)31-33)20(30-11)22(34)32-9-15-6-14(15)7-18(32)19-12(2)16(23(24,25)26)8-28-21(19)27/h4-5,8,10,14-15,18H,6-7,9H2,1-3H3,(H2,27,28). The zero-order chi connectivity index (χ0) is 24.4. The maximum atomic E-state index is 13.9. The summed E-state index contributed by atoms with van der Waals surface area (Å²) >= 11 is 0. The van der Waals surface area contributed by atoms with Crippen LogP contribution in [-0.4, -0.2) is 42.1 Å². The number of likely N-dealkylation sites (tertiary alicyclic amines) is 1. The fourth-order valence-corrected chi connectivity index (χ4v) is 4.95. The molecule has 1 saturated heterocycles. The van der Waals surface area contributed by atoms with E-state index in [9.17, 15) is 18.0 Å². The Balaban J connectivity index is 1.61. The van der Waals surface area contributed by atoms with Gasteiger partial charge >= 0.3 is 6.18 Å². The maximum absolute atomic E-state index is 13.9. The number of hydrogen-bond acceptors (Lipinski definition) is 6. The quantitative estimate of drug-likeness (QED) is 0.623. The fourth-order valence-electron chi connectivity index (χ4n) is 4.95. The summed E-state index contributed by atoms with van der Waals surface area (Å²) in [7, 11) is 0. The van der Waals surface area contributed by atoms with Crippen molar-refractivity contribution in [1.82, 2.24) is 29.6 Å². The van der Waals surface area contributed by atoms with Crippen LogP contribution in [0.2, 0.25) is 0 Å². The van der Waals surface area contributed by atoms with Crippen LogP contribution in [0.3, 0.4) is 0 Å². The van der Waals surface area contributed by atoms with Gasteiger partial charge in [-0.05, 0) is 63.1 Å². The van der Waals surface area contributed by atoms with Crippen molar-refractivity contribution in [1.29, 1.82) is 0 Å². The van der Waals surface area contributed by atoms with E-state index in [1.54, 1.807) is 30.9 Å². The number of alkyl halides is 3. The van der Waals surface area contributed by atoms with Crippen LogP contribution in [0.15, 0.2) is 24.7 Å². The average Bonchev–Trinajstić information content (AvgIpc) is 3.40. The van der Waals surface area contributed by atoms with Gasteiger partial charge in [0, 0.05) is 24.0 Å². The summed E-state index contributed by atoms with van der Waals surface area (Å²) in [4.78, 5) is 28.0. The third kappa shape index (κ3) is 3.78. The molecule has 0 spiro atoms. The van der Waals surface area contributed by atoms with Crippen molar-refractivity contribution in [2.24, 2.45) is 11.8 Å². The summed E-state index contributed by atoms with van der Waals surface area (Å²) < 4.78 is 42.4. The SMILES string of the molecule is Cc1ccc(-n2cnc(C)n2)c(C(=O)N2CC3CC3CC2c2c(N)ncc(C(F)(F)F)c2C)n1. The van der Waals surface area contributed by atoms with E-state index in [-0.39, 0.29) is 28.5 Å². The third-order valence-corrected chi connectivity index (χ3v) is 6.79. The molecule has 1 aliphatic carbocycles. The molecule has 3 unspecified atom stereocenters. The van der Waals surface area contributed by atoms with Crippen molar-refractivity contribution in [3.8, 4) is 5.69 Å². The lowest BCUT2D eigenvalue weighted by atomic mass is 9.90. The van der Waals surface area contributed by atoms with Crippen molar-refractivity contribution in [2.45, 2.75) is 45.8 Å². The van der Waals surface area contributed by atoms with E-state index in [1.807, 2.05) is 0 Å². The van der Waals surface area contributed by atoms with Crippen LogP contribution in [0.25, 0.3) is 5.69 Å². The molecule has 2 aliphatic rings. The molecule has 3 atom stereocenters. The van der Waals surface area contributed by atoms with Gasteiger partial charge in [0.25, 0.3) is 5.91 Å². The van der Waals surface area contributed by atoms with Crippen LogP contribution < -0.4 is 5.73 Å². The number of rotatable bonds is 3. The number of amides is 1. The number of piperidine rings is 1. The van der Waals surface area contributed by atoms with E-state index in [4.69, 9.17) is 5.73 Å². The number of fused-ring (bicyclic) bond motifs is 1. The lowest BCUT2D eigenvalue weighted by molar-refractivity contribution is -0.138. The Morgan fingerprint density at radius 1 is 1.12 bits per heavy atom. The minimum Gasteiger partial charge on any atom is -0.383 e. The van der Waals surface area contributed by atoms with Gasteiger partial charge in [0.15, 0.2) is 5.69 Å². The number of aromatic nitrogens is 5. The van der Waals surface area contributed by atoms with Gasteiger partial charge in [-0.15, -0.1) is 0 Å². The van der Waals surface area contributed by atoms with Crippen molar-refractivity contribution in [3.63, 3.8) is 0 Å². The minimum atomic E-state index is -4.57. The highest BCUT2D eigenvalue weighted by molar-refractivity contribution is 5.96. The second kappa shape index (κ2) is 7.78. The Kier molecular flexibility index (Phi) is 5.10. The summed E-state index contributed by atoms with van der Waals surface area (Å²) in [6.45, 7) is 5.33. The minimum absolute atomic E-state index is 0.00576. The van der Waals surface area contributed by atoms with Crippen LogP contribution in [0.4, 0.5) is 19.0 Å². The van der Waals surface area contributed by atoms with E-state index in [2.05, 4.69) is 20.1 Å². The highest BCUT2D eigenvalue weighted by atomic mass is 19.4. The molecule has 3 aromatic rings. The molecule has 1 amide bonds. The first-order valence-corrected chi connectivity index (χ1v) is 11.0. The van der Waals surface area contributed by atoms with Crippen molar-refractivity contribution >= 4 is 11.7 Å². The number of aryl methyl sites for hydroxylation is 2. The zero-order valence-corrected chi connectivity index (χ0v) is 19.0. The molecule has 34 heavy (non-hydrogen) atoms. The number of nitrogen functional groups attached to an aromatic ring is 1. The number of carbonyl (C=O) groups excluding carboxylic acids is 1. The lowest BCUT2D eigenvalue weighted by Gasteiger charge is -2.37. The van der Waals surface area contributed by atoms with Crippen molar-refractivity contribution in [3.05, 3.63) is 58.6 Å². The predicted molar refractivity (Wildman–Crippen MR) is 117 cm³/mol. The largest absolute Gasteiger partial charge is 0.418 e. The first-order valence-electron chi connectivity index (χ1n) is 11.0. The van der Waals surface area contributed by atoms with Crippen LogP contribution in [0.5, 0.6) is 0 Å². The summed E-state index contributed by atoms with van der Waals surface area (Å²) in [5.74, 6) is 0.844. The van der Waals surface area contributed by atoms with Gasteiger partial charge in [-0.2, -0.15) is 18.3 Å². The Hall–Kier alpha value is -3.50. The molecule has 178 valence electrons. The zero-order valence-electron chi connectivity index (χ0n) is 19.0. The molecule has 1 aliphatic heterocycles. The number of anilines is 1. The smallest absolute Gasteiger partial charge is 0.383 e. The van der Waals surface area contributed by atoms with E-state index >= 15 is 0 Å². The van der Waals surface area contributed by atoms with Gasteiger partial charge in [0.1, 0.15) is 18.0 Å². The van der Waals surface area contributed by atoms with Crippen LogP contribution >= 0.6 is 0 Å². The second-order valence-electron chi connectivity index (χ2n) is 9.12. The van der Waals surface area contributed by atoms with E-state index < -0.39 is 17.8 Å². The summed E-state index contributed by atoms with van der Waals surface area (Å²) in [5.41, 5.74) is 6.82. The number of carbonyl (C=O) groups is 1. The number of hydrogen-bond donors (Lipinski definition) is 1.